The highest BCUT2D eigenvalue weighted by Crippen LogP contribution is 2.25. The van der Waals surface area contributed by atoms with Crippen molar-refractivity contribution in [3.05, 3.63) is 71.2 Å². The summed E-state index contributed by atoms with van der Waals surface area (Å²) in [5, 5.41) is 5.22. The van der Waals surface area contributed by atoms with Gasteiger partial charge in [-0.25, -0.2) is 9.78 Å². The monoisotopic (exact) mass is 394 g/mol. The van der Waals surface area contributed by atoms with Gasteiger partial charge in [-0.2, -0.15) is 0 Å². The fraction of sp³-hybridized carbons (Fsp3) is 0.227. The summed E-state index contributed by atoms with van der Waals surface area (Å²) < 4.78 is 5.31. The number of anilines is 1. The maximum absolute atomic E-state index is 12.5. The first-order chi connectivity index (χ1) is 13.5. The number of rotatable bonds is 6. The van der Waals surface area contributed by atoms with Crippen LogP contribution in [0.25, 0.3) is 10.6 Å². The molecule has 0 aliphatic rings. The van der Waals surface area contributed by atoms with E-state index in [0.717, 1.165) is 21.8 Å². The van der Waals surface area contributed by atoms with Gasteiger partial charge in [-0.15, -0.1) is 11.3 Å². The number of nitrogens with one attached hydrogen (secondary N) is 1. The molecule has 3 rings (SSSR count). The van der Waals surface area contributed by atoms with Crippen LogP contribution in [-0.4, -0.2) is 23.0 Å². The van der Waals surface area contributed by atoms with E-state index >= 15 is 0 Å². The zero-order valence-corrected chi connectivity index (χ0v) is 16.8. The number of thiazole rings is 1. The number of hydrogen-bond donors (Lipinski definition) is 1. The topological polar surface area (TPSA) is 68.3 Å². The summed E-state index contributed by atoms with van der Waals surface area (Å²) in [6, 6.07) is 17.2. The lowest BCUT2D eigenvalue weighted by Gasteiger charge is -2.16. The number of esters is 1. The molecule has 0 saturated carbocycles. The maximum atomic E-state index is 12.5. The second-order valence-electron chi connectivity index (χ2n) is 6.68. The predicted octanol–water partition coefficient (Wildman–Crippen LogP) is 5.12. The molecule has 0 bridgehead atoms. The van der Waals surface area contributed by atoms with Gasteiger partial charge in [0.25, 0.3) is 5.91 Å². The molecule has 28 heavy (non-hydrogen) atoms. The smallest absolute Gasteiger partial charge is 0.358 e. The highest BCUT2D eigenvalue weighted by molar-refractivity contribution is 7.13. The molecular formula is C22H22N2O3S. The summed E-state index contributed by atoms with van der Waals surface area (Å²) in [5.41, 5.74) is 2.89. The number of benzene rings is 2. The Morgan fingerprint density at radius 3 is 2.39 bits per heavy atom. The van der Waals surface area contributed by atoms with Crippen LogP contribution in [-0.2, 0) is 9.53 Å². The number of aromatic nitrogens is 1. The zero-order chi connectivity index (χ0) is 20.1. The Bertz CT molecular complexity index is 967. The first kappa shape index (κ1) is 19.8. The van der Waals surface area contributed by atoms with Crippen molar-refractivity contribution < 1.29 is 14.3 Å². The van der Waals surface area contributed by atoms with Crippen molar-refractivity contribution >= 4 is 28.9 Å². The molecule has 1 heterocycles. The number of amides is 1. The zero-order valence-electron chi connectivity index (χ0n) is 16.0. The van der Waals surface area contributed by atoms with Crippen LogP contribution in [0.2, 0.25) is 0 Å². The summed E-state index contributed by atoms with van der Waals surface area (Å²) in [5.74, 6) is -0.723. The van der Waals surface area contributed by atoms with Crippen molar-refractivity contribution in [2.75, 3.05) is 5.32 Å². The summed E-state index contributed by atoms with van der Waals surface area (Å²) in [6.07, 6.45) is -0.936. The van der Waals surface area contributed by atoms with E-state index in [1.54, 1.807) is 12.3 Å². The average molecular weight is 394 g/mol. The van der Waals surface area contributed by atoms with Crippen LogP contribution in [0.15, 0.2) is 60.0 Å². The quantitative estimate of drug-likeness (QED) is 0.589. The highest BCUT2D eigenvalue weighted by atomic mass is 32.1. The Labute approximate surface area is 168 Å². The lowest BCUT2D eigenvalue weighted by Crippen LogP contribution is -2.30. The molecular weight excluding hydrogens is 372 g/mol. The van der Waals surface area contributed by atoms with Gasteiger partial charge >= 0.3 is 5.97 Å². The van der Waals surface area contributed by atoms with Crippen molar-refractivity contribution in [2.24, 2.45) is 0 Å². The van der Waals surface area contributed by atoms with Crippen LogP contribution >= 0.6 is 11.3 Å². The molecule has 1 atom stereocenters. The van der Waals surface area contributed by atoms with E-state index in [9.17, 15) is 9.59 Å². The van der Waals surface area contributed by atoms with E-state index in [0.29, 0.717) is 0 Å². The Morgan fingerprint density at radius 1 is 1.00 bits per heavy atom. The number of hydrogen-bond acceptors (Lipinski definition) is 5. The number of carbonyl (C=O) groups excluding carboxylic acids is 2. The predicted molar refractivity (Wildman–Crippen MR) is 112 cm³/mol. The molecule has 0 aliphatic heterocycles. The molecule has 2 aromatic carbocycles. The van der Waals surface area contributed by atoms with Gasteiger partial charge in [-0.3, -0.25) is 4.79 Å². The largest absolute Gasteiger partial charge is 0.448 e. The lowest BCUT2D eigenvalue weighted by atomic mass is 10.0. The Balaban J connectivity index is 1.64. The van der Waals surface area contributed by atoms with Gasteiger partial charge in [0.2, 0.25) is 0 Å². The third kappa shape index (κ3) is 4.64. The number of para-hydroxylation sites is 1. The van der Waals surface area contributed by atoms with E-state index in [4.69, 9.17) is 4.74 Å². The van der Waals surface area contributed by atoms with Crippen LogP contribution in [0.3, 0.4) is 0 Å². The minimum absolute atomic E-state index is 0.200. The SMILES string of the molecule is CC(C)c1ccccc1NC(=O)[C@H](C)OC(=O)c1csc(-c2ccccc2)n1. The van der Waals surface area contributed by atoms with Gasteiger partial charge in [0.15, 0.2) is 11.8 Å². The third-order valence-corrected chi connectivity index (χ3v) is 5.12. The van der Waals surface area contributed by atoms with Gasteiger partial charge in [0.1, 0.15) is 5.01 Å². The van der Waals surface area contributed by atoms with E-state index < -0.39 is 12.1 Å². The van der Waals surface area contributed by atoms with Gasteiger partial charge in [-0.1, -0.05) is 62.4 Å². The molecule has 0 aliphatic carbocycles. The molecule has 1 N–H and O–H groups in total. The van der Waals surface area contributed by atoms with Gasteiger partial charge < -0.3 is 10.1 Å². The number of carbonyl (C=O) groups is 2. The summed E-state index contributed by atoms with van der Waals surface area (Å²) in [7, 11) is 0. The van der Waals surface area contributed by atoms with E-state index in [1.165, 1.54) is 11.3 Å². The average Bonchev–Trinajstić information content (AvgIpc) is 3.19. The normalized spacial score (nSPS) is 11.9. The molecule has 6 heteroatoms. The van der Waals surface area contributed by atoms with Gasteiger partial charge in [0.05, 0.1) is 0 Å². The minimum Gasteiger partial charge on any atom is -0.448 e. The first-order valence-electron chi connectivity index (χ1n) is 9.07. The molecule has 0 radical (unpaired) electrons. The second kappa shape index (κ2) is 8.80. The Hall–Kier alpha value is -2.99. The molecule has 0 saturated heterocycles. The summed E-state index contributed by atoms with van der Waals surface area (Å²) >= 11 is 1.36. The second-order valence-corrected chi connectivity index (χ2v) is 7.54. The first-order valence-corrected chi connectivity index (χ1v) is 9.95. The van der Waals surface area contributed by atoms with Crippen LogP contribution in [0.4, 0.5) is 5.69 Å². The third-order valence-electron chi connectivity index (χ3n) is 4.23. The number of ether oxygens (including phenoxy) is 1. The standard InChI is InChI=1S/C22H22N2O3S/c1-14(2)17-11-7-8-12-18(17)23-20(25)15(3)27-22(26)19-13-28-21(24-19)16-9-5-4-6-10-16/h4-15H,1-3H3,(H,23,25)/t15-/m0/s1. The number of nitrogens with zero attached hydrogens (tertiary/aromatic N) is 1. The van der Waals surface area contributed by atoms with Crippen molar-refractivity contribution in [1.29, 1.82) is 0 Å². The van der Waals surface area contributed by atoms with Crippen LogP contribution in [0, 0.1) is 0 Å². The van der Waals surface area contributed by atoms with Crippen molar-refractivity contribution in [3.8, 4) is 10.6 Å². The van der Waals surface area contributed by atoms with Crippen LogP contribution < -0.4 is 5.32 Å². The molecule has 5 nitrogen and oxygen atoms in total. The summed E-state index contributed by atoms with van der Waals surface area (Å²) in [6.45, 7) is 5.66. The van der Waals surface area contributed by atoms with E-state index in [1.807, 2.05) is 54.6 Å². The van der Waals surface area contributed by atoms with Crippen LogP contribution in [0.5, 0.6) is 0 Å². The van der Waals surface area contributed by atoms with Crippen molar-refractivity contribution in [2.45, 2.75) is 32.8 Å². The summed E-state index contributed by atoms with van der Waals surface area (Å²) in [4.78, 5) is 29.2. The molecule has 1 amide bonds. The maximum Gasteiger partial charge on any atom is 0.358 e. The Kier molecular flexibility index (Phi) is 6.21. The molecule has 0 unspecified atom stereocenters. The Morgan fingerprint density at radius 2 is 1.68 bits per heavy atom. The van der Waals surface area contributed by atoms with Gasteiger partial charge in [-0.05, 0) is 24.5 Å². The minimum atomic E-state index is -0.936. The van der Waals surface area contributed by atoms with E-state index in [2.05, 4.69) is 24.1 Å². The van der Waals surface area contributed by atoms with E-state index in [-0.39, 0.29) is 17.5 Å². The molecule has 1 aromatic heterocycles. The molecule has 3 aromatic rings. The van der Waals surface area contributed by atoms with Crippen LogP contribution in [0.1, 0.15) is 42.7 Å². The van der Waals surface area contributed by atoms with Crippen molar-refractivity contribution in [3.63, 3.8) is 0 Å². The highest BCUT2D eigenvalue weighted by Gasteiger charge is 2.22. The lowest BCUT2D eigenvalue weighted by molar-refractivity contribution is -0.123. The molecule has 0 spiro atoms. The van der Waals surface area contributed by atoms with Gasteiger partial charge in [0, 0.05) is 16.6 Å². The fourth-order valence-electron chi connectivity index (χ4n) is 2.70. The fourth-order valence-corrected chi connectivity index (χ4v) is 3.50. The molecule has 0 fully saturated rings. The molecule has 144 valence electrons. The van der Waals surface area contributed by atoms with Crippen molar-refractivity contribution in [1.82, 2.24) is 4.98 Å².